The molecule has 6 heteroatoms. The van der Waals surface area contributed by atoms with E-state index in [2.05, 4.69) is 56.7 Å². The van der Waals surface area contributed by atoms with Crippen LogP contribution in [-0.4, -0.2) is 21.6 Å². The number of hydrogen-bond donors (Lipinski definition) is 2. The fourth-order valence-electron chi connectivity index (χ4n) is 1.49. The Bertz CT molecular complexity index is 417. The standard InChI is InChI=1S/C13H17Br2NO2S/c1-2-4-9-5-3-6-10(7-9)18-13(17)16-12(19)11(15)8-14/h3,5-7,11-12,19H,2,4,8H2,1H3,(H,16,17). The maximum Gasteiger partial charge on any atom is 0.413 e. The van der Waals surface area contributed by atoms with Gasteiger partial charge in [-0.25, -0.2) is 4.79 Å². The lowest BCUT2D eigenvalue weighted by Gasteiger charge is -2.16. The number of halogens is 2. The van der Waals surface area contributed by atoms with Crippen LogP contribution >= 0.6 is 44.5 Å². The zero-order valence-electron chi connectivity index (χ0n) is 10.6. The van der Waals surface area contributed by atoms with Crippen LogP contribution < -0.4 is 10.1 Å². The van der Waals surface area contributed by atoms with E-state index in [1.165, 1.54) is 0 Å². The normalized spacial score (nSPS) is 13.7. The third kappa shape index (κ3) is 6.19. The summed E-state index contributed by atoms with van der Waals surface area (Å²) in [5.41, 5.74) is 1.16. The molecule has 0 aliphatic rings. The van der Waals surface area contributed by atoms with E-state index < -0.39 is 6.09 Å². The van der Waals surface area contributed by atoms with Gasteiger partial charge in [0, 0.05) is 5.33 Å². The van der Waals surface area contributed by atoms with Gasteiger partial charge in [0.1, 0.15) is 5.75 Å². The smallest absolute Gasteiger partial charge is 0.410 e. The van der Waals surface area contributed by atoms with Crippen LogP contribution in [0, 0.1) is 0 Å². The van der Waals surface area contributed by atoms with Crippen LogP contribution in [0.4, 0.5) is 4.79 Å². The van der Waals surface area contributed by atoms with Gasteiger partial charge in [-0.2, -0.15) is 12.6 Å². The molecule has 0 spiro atoms. The highest BCUT2D eigenvalue weighted by Crippen LogP contribution is 2.16. The Morgan fingerprint density at radius 1 is 1.53 bits per heavy atom. The van der Waals surface area contributed by atoms with Crippen molar-refractivity contribution < 1.29 is 9.53 Å². The van der Waals surface area contributed by atoms with Gasteiger partial charge in [-0.05, 0) is 24.1 Å². The molecule has 3 nitrogen and oxygen atoms in total. The van der Waals surface area contributed by atoms with Gasteiger partial charge in [0.2, 0.25) is 0 Å². The Balaban J connectivity index is 2.54. The Labute approximate surface area is 136 Å². The molecule has 0 aromatic heterocycles. The highest BCUT2D eigenvalue weighted by Gasteiger charge is 2.17. The van der Waals surface area contributed by atoms with E-state index >= 15 is 0 Å². The Morgan fingerprint density at radius 2 is 2.26 bits per heavy atom. The van der Waals surface area contributed by atoms with E-state index in [1.54, 1.807) is 6.07 Å². The zero-order chi connectivity index (χ0) is 14.3. The summed E-state index contributed by atoms with van der Waals surface area (Å²) in [6, 6.07) is 7.56. The van der Waals surface area contributed by atoms with Crippen LogP contribution in [0.25, 0.3) is 0 Å². The van der Waals surface area contributed by atoms with E-state index in [4.69, 9.17) is 4.74 Å². The first-order valence-corrected chi connectivity index (χ1v) is 8.57. The molecule has 2 atom stereocenters. The Kier molecular flexibility index (Phi) is 7.87. The summed E-state index contributed by atoms with van der Waals surface area (Å²) < 4.78 is 5.23. The largest absolute Gasteiger partial charge is 0.413 e. The maximum atomic E-state index is 11.7. The van der Waals surface area contributed by atoms with Crippen molar-refractivity contribution in [2.24, 2.45) is 0 Å². The Morgan fingerprint density at radius 3 is 2.89 bits per heavy atom. The number of nitrogens with one attached hydrogen (secondary N) is 1. The van der Waals surface area contributed by atoms with Crippen molar-refractivity contribution in [1.82, 2.24) is 5.32 Å². The molecule has 0 heterocycles. The molecule has 106 valence electrons. The van der Waals surface area contributed by atoms with E-state index in [0.717, 1.165) is 18.4 Å². The molecule has 19 heavy (non-hydrogen) atoms. The topological polar surface area (TPSA) is 38.3 Å². The molecule has 1 amide bonds. The molecule has 1 aromatic carbocycles. The van der Waals surface area contributed by atoms with Crippen LogP contribution in [0.15, 0.2) is 24.3 Å². The molecule has 0 saturated heterocycles. The van der Waals surface area contributed by atoms with Gasteiger partial charge in [0.05, 0.1) is 10.2 Å². The third-order valence-corrected chi connectivity index (χ3v) is 5.72. The van der Waals surface area contributed by atoms with Crippen molar-refractivity contribution >= 4 is 50.6 Å². The fraction of sp³-hybridized carbons (Fsp3) is 0.462. The molecular weight excluding hydrogens is 394 g/mol. The van der Waals surface area contributed by atoms with Gasteiger partial charge in [0.25, 0.3) is 0 Å². The van der Waals surface area contributed by atoms with E-state index in [1.807, 2.05) is 18.2 Å². The number of benzene rings is 1. The molecule has 1 aromatic rings. The number of ether oxygens (including phenoxy) is 1. The van der Waals surface area contributed by atoms with Crippen LogP contribution in [0.2, 0.25) is 0 Å². The second-order valence-electron chi connectivity index (χ2n) is 4.05. The van der Waals surface area contributed by atoms with Gasteiger partial charge in [-0.1, -0.05) is 57.3 Å². The lowest BCUT2D eigenvalue weighted by molar-refractivity contribution is 0.199. The number of amides is 1. The summed E-state index contributed by atoms with van der Waals surface area (Å²) in [4.78, 5) is 11.7. The SMILES string of the molecule is CCCc1cccc(OC(=O)NC(S)C(Br)CBr)c1. The summed E-state index contributed by atoms with van der Waals surface area (Å²) in [5.74, 6) is 0.550. The molecule has 0 aliphatic carbocycles. The highest BCUT2D eigenvalue weighted by atomic mass is 79.9. The summed E-state index contributed by atoms with van der Waals surface area (Å²) in [7, 11) is 0. The number of aryl methyl sites for hydroxylation is 1. The predicted octanol–water partition coefficient (Wildman–Crippen LogP) is 4.14. The van der Waals surface area contributed by atoms with E-state index in [0.29, 0.717) is 11.1 Å². The predicted molar refractivity (Wildman–Crippen MR) is 88.9 cm³/mol. The second-order valence-corrected chi connectivity index (χ2v) is 6.43. The second kappa shape index (κ2) is 8.87. The summed E-state index contributed by atoms with van der Waals surface area (Å²) in [6.07, 6.45) is 1.53. The molecule has 2 unspecified atom stereocenters. The number of rotatable bonds is 6. The Hall–Kier alpha value is -0.200. The lowest BCUT2D eigenvalue weighted by atomic mass is 10.1. The van der Waals surface area contributed by atoms with Crippen molar-refractivity contribution in [3.05, 3.63) is 29.8 Å². The summed E-state index contributed by atoms with van der Waals surface area (Å²) in [5, 5.41) is 3.03. The van der Waals surface area contributed by atoms with E-state index in [-0.39, 0.29) is 10.2 Å². The number of carbonyl (C=O) groups excluding carboxylic acids is 1. The summed E-state index contributed by atoms with van der Waals surface area (Å²) in [6.45, 7) is 2.11. The van der Waals surface area contributed by atoms with Crippen molar-refractivity contribution in [2.75, 3.05) is 5.33 Å². The van der Waals surface area contributed by atoms with Gasteiger partial charge in [-0.3, -0.25) is 0 Å². The molecule has 0 fully saturated rings. The lowest BCUT2D eigenvalue weighted by Crippen LogP contribution is -2.39. The molecular formula is C13H17Br2NO2S. The minimum absolute atomic E-state index is 0.0369. The number of carbonyl (C=O) groups is 1. The van der Waals surface area contributed by atoms with E-state index in [9.17, 15) is 4.79 Å². The van der Waals surface area contributed by atoms with Crippen LogP contribution in [0.3, 0.4) is 0 Å². The van der Waals surface area contributed by atoms with Gasteiger partial charge in [-0.15, -0.1) is 0 Å². The monoisotopic (exact) mass is 409 g/mol. The van der Waals surface area contributed by atoms with Crippen LogP contribution in [0.5, 0.6) is 5.75 Å². The van der Waals surface area contributed by atoms with Crippen molar-refractivity contribution in [3.63, 3.8) is 0 Å². The van der Waals surface area contributed by atoms with Crippen LogP contribution in [-0.2, 0) is 6.42 Å². The quantitative estimate of drug-likeness (QED) is 0.420. The maximum absolute atomic E-state index is 11.7. The molecule has 0 radical (unpaired) electrons. The minimum Gasteiger partial charge on any atom is -0.410 e. The zero-order valence-corrected chi connectivity index (χ0v) is 14.7. The molecule has 1 rings (SSSR count). The van der Waals surface area contributed by atoms with Crippen molar-refractivity contribution in [3.8, 4) is 5.75 Å². The fourth-order valence-corrected chi connectivity index (χ4v) is 2.49. The summed E-state index contributed by atoms with van der Waals surface area (Å²) >= 11 is 11.0. The van der Waals surface area contributed by atoms with Gasteiger partial charge >= 0.3 is 6.09 Å². The van der Waals surface area contributed by atoms with Gasteiger partial charge in [0.15, 0.2) is 0 Å². The minimum atomic E-state index is -0.501. The van der Waals surface area contributed by atoms with Gasteiger partial charge < -0.3 is 10.1 Å². The first kappa shape index (κ1) is 16.9. The third-order valence-electron chi connectivity index (χ3n) is 2.40. The number of hydrogen-bond acceptors (Lipinski definition) is 3. The first-order valence-electron chi connectivity index (χ1n) is 6.02. The molecule has 0 aliphatic heterocycles. The molecule has 0 bridgehead atoms. The number of alkyl halides is 2. The average molecular weight is 411 g/mol. The highest BCUT2D eigenvalue weighted by molar-refractivity contribution is 9.12. The molecule has 1 N–H and O–H groups in total. The number of thiol groups is 1. The van der Waals surface area contributed by atoms with Crippen molar-refractivity contribution in [2.45, 2.75) is 30.0 Å². The first-order chi connectivity index (χ1) is 9.06. The van der Waals surface area contributed by atoms with Crippen LogP contribution in [0.1, 0.15) is 18.9 Å². The van der Waals surface area contributed by atoms with Crippen molar-refractivity contribution in [1.29, 1.82) is 0 Å². The average Bonchev–Trinajstić information content (AvgIpc) is 2.38. The molecule has 0 saturated carbocycles.